The van der Waals surface area contributed by atoms with Gasteiger partial charge in [0.1, 0.15) is 0 Å². The van der Waals surface area contributed by atoms with E-state index in [0.29, 0.717) is 13.2 Å². The SMILES string of the molecule is COCCOCCNC1CCCC(C2CC2)C1. The van der Waals surface area contributed by atoms with Crippen molar-refractivity contribution in [2.45, 2.75) is 44.6 Å². The maximum Gasteiger partial charge on any atom is 0.0700 e. The molecular weight excluding hydrogens is 214 g/mol. The minimum Gasteiger partial charge on any atom is -0.382 e. The molecule has 2 rings (SSSR count). The summed E-state index contributed by atoms with van der Waals surface area (Å²) in [7, 11) is 1.71. The molecule has 1 N–H and O–H groups in total. The number of nitrogens with one attached hydrogen (secondary N) is 1. The Morgan fingerprint density at radius 3 is 2.65 bits per heavy atom. The Morgan fingerprint density at radius 2 is 1.88 bits per heavy atom. The Morgan fingerprint density at radius 1 is 1.00 bits per heavy atom. The molecule has 0 bridgehead atoms. The molecule has 3 nitrogen and oxygen atoms in total. The van der Waals surface area contributed by atoms with Crippen LogP contribution in [-0.4, -0.2) is 39.5 Å². The Balaban J connectivity index is 1.49. The molecule has 2 atom stereocenters. The third kappa shape index (κ3) is 4.94. The van der Waals surface area contributed by atoms with Crippen LogP contribution in [-0.2, 0) is 9.47 Å². The third-order valence-electron chi connectivity index (χ3n) is 4.11. The highest BCUT2D eigenvalue weighted by Gasteiger charge is 2.34. The van der Waals surface area contributed by atoms with Gasteiger partial charge in [0, 0.05) is 19.7 Å². The van der Waals surface area contributed by atoms with Crippen molar-refractivity contribution in [1.29, 1.82) is 0 Å². The standard InChI is InChI=1S/C14H27NO2/c1-16-9-10-17-8-7-15-14-4-2-3-13(11-14)12-5-6-12/h12-15H,2-11H2,1H3. The number of hydrogen-bond acceptors (Lipinski definition) is 3. The zero-order chi connectivity index (χ0) is 11.9. The van der Waals surface area contributed by atoms with Gasteiger partial charge in [-0.15, -0.1) is 0 Å². The van der Waals surface area contributed by atoms with Crippen LogP contribution in [0.2, 0.25) is 0 Å². The smallest absolute Gasteiger partial charge is 0.0700 e. The molecule has 0 spiro atoms. The van der Waals surface area contributed by atoms with Crippen LogP contribution < -0.4 is 5.32 Å². The van der Waals surface area contributed by atoms with Gasteiger partial charge in [-0.1, -0.05) is 12.8 Å². The maximum atomic E-state index is 5.46. The number of ether oxygens (including phenoxy) is 2. The van der Waals surface area contributed by atoms with E-state index in [1.165, 1.54) is 38.5 Å². The minimum absolute atomic E-state index is 0.702. The fourth-order valence-electron chi connectivity index (χ4n) is 2.99. The van der Waals surface area contributed by atoms with Crippen LogP contribution in [0.1, 0.15) is 38.5 Å². The molecule has 0 heterocycles. The molecule has 2 aliphatic carbocycles. The van der Waals surface area contributed by atoms with E-state index in [2.05, 4.69) is 5.32 Å². The average molecular weight is 241 g/mol. The molecule has 0 aromatic rings. The predicted octanol–water partition coefficient (Wildman–Crippen LogP) is 2.21. The van der Waals surface area contributed by atoms with Crippen molar-refractivity contribution in [2.75, 3.05) is 33.5 Å². The van der Waals surface area contributed by atoms with Gasteiger partial charge in [0.15, 0.2) is 0 Å². The molecular formula is C14H27NO2. The number of hydrogen-bond donors (Lipinski definition) is 1. The quantitative estimate of drug-likeness (QED) is 0.661. The summed E-state index contributed by atoms with van der Waals surface area (Å²) in [6.45, 7) is 3.22. The Kier molecular flexibility index (Phi) is 5.75. The van der Waals surface area contributed by atoms with E-state index in [1.807, 2.05) is 0 Å². The fraction of sp³-hybridized carbons (Fsp3) is 1.00. The van der Waals surface area contributed by atoms with Crippen LogP contribution in [0.5, 0.6) is 0 Å². The molecule has 0 radical (unpaired) electrons. The van der Waals surface area contributed by atoms with Crippen LogP contribution in [0.3, 0.4) is 0 Å². The van der Waals surface area contributed by atoms with Crippen molar-refractivity contribution in [3.8, 4) is 0 Å². The van der Waals surface area contributed by atoms with Crippen LogP contribution >= 0.6 is 0 Å². The van der Waals surface area contributed by atoms with Gasteiger partial charge in [-0.25, -0.2) is 0 Å². The van der Waals surface area contributed by atoms with Crippen LogP contribution in [0, 0.1) is 11.8 Å². The van der Waals surface area contributed by atoms with Gasteiger partial charge < -0.3 is 14.8 Å². The highest BCUT2D eigenvalue weighted by atomic mass is 16.5. The van der Waals surface area contributed by atoms with Crippen LogP contribution in [0.4, 0.5) is 0 Å². The summed E-state index contributed by atoms with van der Waals surface area (Å²) in [6, 6.07) is 0.750. The second-order valence-corrected chi connectivity index (χ2v) is 5.52. The first kappa shape index (κ1) is 13.3. The lowest BCUT2D eigenvalue weighted by atomic mass is 9.83. The molecule has 0 aliphatic heterocycles. The van der Waals surface area contributed by atoms with Crippen molar-refractivity contribution < 1.29 is 9.47 Å². The van der Waals surface area contributed by atoms with E-state index >= 15 is 0 Å². The first-order chi connectivity index (χ1) is 8.40. The molecule has 2 saturated carbocycles. The van der Waals surface area contributed by atoms with Gasteiger partial charge in [-0.2, -0.15) is 0 Å². The van der Waals surface area contributed by atoms with E-state index in [0.717, 1.165) is 31.0 Å². The molecule has 100 valence electrons. The van der Waals surface area contributed by atoms with E-state index in [1.54, 1.807) is 7.11 Å². The van der Waals surface area contributed by atoms with Crippen molar-refractivity contribution >= 4 is 0 Å². The monoisotopic (exact) mass is 241 g/mol. The molecule has 2 fully saturated rings. The first-order valence-corrected chi connectivity index (χ1v) is 7.20. The average Bonchev–Trinajstić information content (AvgIpc) is 3.18. The number of rotatable bonds is 8. The lowest BCUT2D eigenvalue weighted by Crippen LogP contribution is -2.36. The van der Waals surface area contributed by atoms with Gasteiger partial charge in [-0.3, -0.25) is 0 Å². The second-order valence-electron chi connectivity index (χ2n) is 5.52. The predicted molar refractivity (Wildman–Crippen MR) is 69.2 cm³/mol. The van der Waals surface area contributed by atoms with E-state index < -0.39 is 0 Å². The van der Waals surface area contributed by atoms with Gasteiger partial charge in [-0.05, 0) is 37.5 Å². The summed E-state index contributed by atoms with van der Waals surface area (Å²) >= 11 is 0. The highest BCUT2D eigenvalue weighted by Crippen LogP contribution is 2.43. The van der Waals surface area contributed by atoms with Crippen molar-refractivity contribution in [2.24, 2.45) is 11.8 Å². The van der Waals surface area contributed by atoms with Gasteiger partial charge in [0.2, 0.25) is 0 Å². The second kappa shape index (κ2) is 7.34. The summed E-state index contributed by atoms with van der Waals surface area (Å²) in [5.74, 6) is 2.10. The first-order valence-electron chi connectivity index (χ1n) is 7.20. The highest BCUT2D eigenvalue weighted by molar-refractivity contribution is 4.87. The summed E-state index contributed by atoms with van der Waals surface area (Å²) in [6.07, 6.45) is 8.66. The van der Waals surface area contributed by atoms with Gasteiger partial charge in [0.25, 0.3) is 0 Å². The van der Waals surface area contributed by atoms with Gasteiger partial charge in [0.05, 0.1) is 19.8 Å². The molecule has 2 unspecified atom stereocenters. The molecule has 0 amide bonds. The van der Waals surface area contributed by atoms with Crippen LogP contribution in [0.15, 0.2) is 0 Å². The Labute approximate surface area is 105 Å². The molecule has 0 aromatic carbocycles. The zero-order valence-corrected chi connectivity index (χ0v) is 11.1. The van der Waals surface area contributed by atoms with Gasteiger partial charge >= 0.3 is 0 Å². The Bertz CT molecular complexity index is 206. The van der Waals surface area contributed by atoms with Crippen molar-refractivity contribution in [3.05, 3.63) is 0 Å². The largest absolute Gasteiger partial charge is 0.382 e. The fourth-order valence-corrected chi connectivity index (χ4v) is 2.99. The summed E-state index contributed by atoms with van der Waals surface area (Å²) in [5, 5.41) is 3.65. The normalized spacial score (nSPS) is 29.5. The molecule has 17 heavy (non-hydrogen) atoms. The summed E-state index contributed by atoms with van der Waals surface area (Å²) in [5.41, 5.74) is 0. The molecule has 3 heteroatoms. The minimum atomic E-state index is 0.702. The Hall–Kier alpha value is -0.120. The van der Waals surface area contributed by atoms with Crippen molar-refractivity contribution in [3.63, 3.8) is 0 Å². The number of methoxy groups -OCH3 is 1. The maximum absolute atomic E-state index is 5.46. The van der Waals surface area contributed by atoms with E-state index in [4.69, 9.17) is 9.47 Å². The topological polar surface area (TPSA) is 30.5 Å². The molecule has 0 aromatic heterocycles. The van der Waals surface area contributed by atoms with E-state index in [-0.39, 0.29) is 0 Å². The lowest BCUT2D eigenvalue weighted by Gasteiger charge is -2.30. The zero-order valence-electron chi connectivity index (χ0n) is 11.1. The third-order valence-corrected chi connectivity index (χ3v) is 4.11. The summed E-state index contributed by atoms with van der Waals surface area (Å²) in [4.78, 5) is 0. The molecule has 2 aliphatic rings. The van der Waals surface area contributed by atoms with Crippen molar-refractivity contribution in [1.82, 2.24) is 5.32 Å². The molecule has 0 saturated heterocycles. The lowest BCUT2D eigenvalue weighted by molar-refractivity contribution is 0.0699. The summed E-state index contributed by atoms with van der Waals surface area (Å²) < 4.78 is 10.4. The van der Waals surface area contributed by atoms with Crippen LogP contribution in [0.25, 0.3) is 0 Å². The van der Waals surface area contributed by atoms with E-state index in [9.17, 15) is 0 Å².